The molecule has 1 aliphatic carbocycles. The molecule has 0 spiro atoms. The van der Waals surface area contributed by atoms with E-state index in [-0.39, 0.29) is 6.61 Å². The first-order valence-electron chi connectivity index (χ1n) is 5.90. The van der Waals surface area contributed by atoms with Gasteiger partial charge in [0, 0.05) is 5.92 Å². The predicted molar refractivity (Wildman–Crippen MR) is 58.7 cm³/mol. The number of rotatable bonds is 3. The Morgan fingerprint density at radius 2 is 2.12 bits per heavy atom. The van der Waals surface area contributed by atoms with Crippen LogP contribution in [0.15, 0.2) is 4.52 Å². The van der Waals surface area contributed by atoms with Crippen molar-refractivity contribution in [2.24, 2.45) is 11.7 Å². The second-order valence-corrected chi connectivity index (χ2v) is 4.74. The molecule has 0 unspecified atom stereocenters. The van der Waals surface area contributed by atoms with Crippen molar-refractivity contribution in [3.8, 4) is 0 Å². The molecule has 1 aliphatic rings. The highest BCUT2D eigenvalue weighted by Gasteiger charge is 2.24. The Labute approximate surface area is 95.0 Å². The van der Waals surface area contributed by atoms with Gasteiger partial charge in [0.2, 0.25) is 5.89 Å². The van der Waals surface area contributed by atoms with Crippen LogP contribution in [0, 0.1) is 5.92 Å². The van der Waals surface area contributed by atoms with Crippen molar-refractivity contribution >= 4 is 0 Å². The largest absolute Gasteiger partial charge is 0.394 e. The molecule has 0 saturated heterocycles. The molecule has 0 amide bonds. The maximum absolute atomic E-state index is 8.89. The van der Waals surface area contributed by atoms with Crippen LogP contribution in [-0.2, 0) is 0 Å². The smallest absolute Gasteiger partial charge is 0.245 e. The van der Waals surface area contributed by atoms with Crippen molar-refractivity contribution in [1.29, 1.82) is 0 Å². The molecule has 5 nitrogen and oxygen atoms in total. The minimum atomic E-state index is -0.552. The van der Waals surface area contributed by atoms with Crippen LogP contribution in [0.5, 0.6) is 0 Å². The topological polar surface area (TPSA) is 85.2 Å². The lowest BCUT2D eigenvalue weighted by Gasteiger charge is -2.23. The molecule has 2 rings (SSSR count). The van der Waals surface area contributed by atoms with E-state index < -0.39 is 6.04 Å². The fraction of sp³-hybridized carbons (Fsp3) is 0.818. The normalized spacial score (nSPS) is 27.9. The van der Waals surface area contributed by atoms with E-state index in [1.807, 2.05) is 0 Å². The standard InChI is InChI=1S/C11H19N3O2/c1-7-2-4-8(5-3-7)10-13-11(16-14-10)9(12)6-15/h7-9,15H,2-6,12H2,1H3/t7?,8?,9-/m0/s1. The van der Waals surface area contributed by atoms with Gasteiger partial charge in [0.15, 0.2) is 5.82 Å². The van der Waals surface area contributed by atoms with Crippen LogP contribution in [0.1, 0.15) is 56.3 Å². The Morgan fingerprint density at radius 1 is 1.44 bits per heavy atom. The van der Waals surface area contributed by atoms with Crippen LogP contribution in [0.2, 0.25) is 0 Å². The molecule has 0 radical (unpaired) electrons. The monoisotopic (exact) mass is 225 g/mol. The fourth-order valence-electron chi connectivity index (χ4n) is 2.16. The third kappa shape index (κ3) is 2.41. The first-order chi connectivity index (χ1) is 7.70. The second-order valence-electron chi connectivity index (χ2n) is 4.74. The summed E-state index contributed by atoms with van der Waals surface area (Å²) >= 11 is 0. The molecule has 90 valence electrons. The first-order valence-corrected chi connectivity index (χ1v) is 5.90. The number of aromatic nitrogens is 2. The van der Waals surface area contributed by atoms with E-state index in [1.54, 1.807) is 0 Å². The Kier molecular flexibility index (Phi) is 3.56. The Bertz CT molecular complexity index is 332. The quantitative estimate of drug-likeness (QED) is 0.811. The van der Waals surface area contributed by atoms with Crippen molar-refractivity contribution < 1.29 is 9.63 Å². The molecule has 1 aromatic rings. The summed E-state index contributed by atoms with van der Waals surface area (Å²) in [7, 11) is 0. The van der Waals surface area contributed by atoms with Gasteiger partial charge in [0.1, 0.15) is 6.04 Å². The molecule has 0 aliphatic heterocycles. The van der Waals surface area contributed by atoms with Crippen LogP contribution in [0.4, 0.5) is 0 Å². The highest BCUT2D eigenvalue weighted by atomic mass is 16.5. The molecular formula is C11H19N3O2. The molecule has 16 heavy (non-hydrogen) atoms. The Morgan fingerprint density at radius 3 is 2.75 bits per heavy atom. The van der Waals surface area contributed by atoms with Gasteiger partial charge in [-0.3, -0.25) is 0 Å². The van der Waals surface area contributed by atoms with Crippen LogP contribution >= 0.6 is 0 Å². The molecule has 0 bridgehead atoms. The van der Waals surface area contributed by atoms with E-state index in [1.165, 1.54) is 12.8 Å². The average molecular weight is 225 g/mol. The summed E-state index contributed by atoms with van der Waals surface area (Å²) in [4.78, 5) is 4.27. The lowest BCUT2D eigenvalue weighted by atomic mass is 9.83. The highest BCUT2D eigenvalue weighted by molar-refractivity contribution is 4.99. The maximum Gasteiger partial charge on any atom is 0.245 e. The number of nitrogens with two attached hydrogens (primary N) is 1. The summed E-state index contributed by atoms with van der Waals surface area (Å²) in [6.07, 6.45) is 4.68. The minimum absolute atomic E-state index is 0.163. The lowest BCUT2D eigenvalue weighted by molar-refractivity contribution is 0.236. The number of nitrogens with zero attached hydrogens (tertiary/aromatic N) is 2. The Balaban J connectivity index is 2.01. The average Bonchev–Trinajstić information content (AvgIpc) is 2.78. The van der Waals surface area contributed by atoms with Gasteiger partial charge >= 0.3 is 0 Å². The van der Waals surface area contributed by atoms with Gasteiger partial charge in [0.05, 0.1) is 6.61 Å². The van der Waals surface area contributed by atoms with Gasteiger partial charge in [-0.1, -0.05) is 24.9 Å². The number of aliphatic hydroxyl groups is 1. The van der Waals surface area contributed by atoms with Crippen LogP contribution in [0.25, 0.3) is 0 Å². The molecule has 1 heterocycles. The van der Waals surface area contributed by atoms with E-state index in [0.29, 0.717) is 11.8 Å². The van der Waals surface area contributed by atoms with Crippen LogP contribution in [0.3, 0.4) is 0 Å². The summed E-state index contributed by atoms with van der Waals surface area (Å²) in [5, 5.41) is 12.8. The van der Waals surface area contributed by atoms with Gasteiger partial charge in [-0.25, -0.2) is 0 Å². The molecule has 1 saturated carbocycles. The molecule has 3 N–H and O–H groups in total. The van der Waals surface area contributed by atoms with Crippen molar-refractivity contribution in [2.75, 3.05) is 6.61 Å². The number of aliphatic hydroxyl groups excluding tert-OH is 1. The lowest BCUT2D eigenvalue weighted by Crippen LogP contribution is -2.15. The zero-order valence-electron chi connectivity index (χ0n) is 9.59. The van der Waals surface area contributed by atoms with Gasteiger partial charge < -0.3 is 15.4 Å². The third-order valence-electron chi connectivity index (χ3n) is 3.35. The summed E-state index contributed by atoms with van der Waals surface area (Å²) in [5.74, 6) is 2.31. The van der Waals surface area contributed by atoms with Crippen molar-refractivity contribution in [1.82, 2.24) is 10.1 Å². The van der Waals surface area contributed by atoms with Crippen molar-refractivity contribution in [3.05, 3.63) is 11.7 Å². The van der Waals surface area contributed by atoms with E-state index in [0.717, 1.165) is 24.6 Å². The van der Waals surface area contributed by atoms with Crippen molar-refractivity contribution in [2.45, 2.75) is 44.6 Å². The summed E-state index contributed by atoms with van der Waals surface area (Å²) in [5.41, 5.74) is 5.61. The van der Waals surface area contributed by atoms with Crippen LogP contribution < -0.4 is 5.73 Å². The minimum Gasteiger partial charge on any atom is -0.394 e. The summed E-state index contributed by atoms with van der Waals surface area (Å²) < 4.78 is 5.05. The molecule has 1 atom stereocenters. The van der Waals surface area contributed by atoms with Crippen LogP contribution in [-0.4, -0.2) is 21.9 Å². The molecule has 1 aromatic heterocycles. The number of hydrogen-bond acceptors (Lipinski definition) is 5. The first kappa shape index (κ1) is 11.5. The maximum atomic E-state index is 8.89. The SMILES string of the molecule is CC1CCC(c2noc([C@@H](N)CO)n2)CC1. The van der Waals surface area contributed by atoms with E-state index >= 15 is 0 Å². The highest BCUT2D eigenvalue weighted by Crippen LogP contribution is 2.34. The third-order valence-corrected chi connectivity index (χ3v) is 3.35. The van der Waals surface area contributed by atoms with Gasteiger partial charge in [-0.2, -0.15) is 4.98 Å². The van der Waals surface area contributed by atoms with E-state index in [2.05, 4.69) is 17.1 Å². The number of hydrogen-bond donors (Lipinski definition) is 2. The van der Waals surface area contributed by atoms with E-state index in [9.17, 15) is 0 Å². The van der Waals surface area contributed by atoms with Crippen molar-refractivity contribution in [3.63, 3.8) is 0 Å². The second kappa shape index (κ2) is 4.93. The summed E-state index contributed by atoms with van der Waals surface area (Å²) in [6, 6.07) is -0.552. The van der Waals surface area contributed by atoms with E-state index in [4.69, 9.17) is 15.4 Å². The van der Waals surface area contributed by atoms with Gasteiger partial charge in [-0.05, 0) is 18.8 Å². The zero-order chi connectivity index (χ0) is 11.5. The Hall–Kier alpha value is -0.940. The molecular weight excluding hydrogens is 206 g/mol. The molecule has 0 aromatic carbocycles. The van der Waals surface area contributed by atoms with Gasteiger partial charge in [0.25, 0.3) is 0 Å². The summed E-state index contributed by atoms with van der Waals surface area (Å²) in [6.45, 7) is 2.11. The predicted octanol–water partition coefficient (Wildman–Crippen LogP) is 1.36. The fourth-order valence-corrected chi connectivity index (χ4v) is 2.16. The molecule has 5 heteroatoms. The molecule has 1 fully saturated rings. The van der Waals surface area contributed by atoms with Gasteiger partial charge in [-0.15, -0.1) is 0 Å². The zero-order valence-corrected chi connectivity index (χ0v) is 9.59.